The van der Waals surface area contributed by atoms with Crippen molar-refractivity contribution in [3.63, 3.8) is 0 Å². The number of para-hydroxylation sites is 1. The second-order valence-electron chi connectivity index (χ2n) is 2.99. The van der Waals surface area contributed by atoms with E-state index in [1.54, 1.807) is 24.3 Å². The third-order valence-corrected chi connectivity index (χ3v) is 2.15. The fourth-order valence-corrected chi connectivity index (χ4v) is 1.51. The number of rotatable bonds is 0. The van der Waals surface area contributed by atoms with Crippen molar-refractivity contribution < 1.29 is 14.4 Å². The molecule has 0 radical (unpaired) electrons. The summed E-state index contributed by atoms with van der Waals surface area (Å²) in [6, 6.07) is 6.61. The monoisotopic (exact) mass is 204 g/mol. The highest BCUT2D eigenvalue weighted by Gasteiger charge is 2.21. The molecule has 3 rings (SSSR count). The Labute approximate surface area is 82.3 Å². The summed E-state index contributed by atoms with van der Waals surface area (Å²) < 4.78 is 4.37. The maximum absolute atomic E-state index is 11.4. The van der Waals surface area contributed by atoms with E-state index >= 15 is 0 Å². The summed E-state index contributed by atoms with van der Waals surface area (Å²) in [6.07, 6.45) is 0. The van der Waals surface area contributed by atoms with Gasteiger partial charge < -0.3 is 10.4 Å². The van der Waals surface area contributed by atoms with E-state index in [0.29, 0.717) is 15.7 Å². The van der Waals surface area contributed by atoms with Crippen LogP contribution >= 0.6 is 0 Å². The van der Waals surface area contributed by atoms with Crippen LogP contribution in [0.2, 0.25) is 0 Å². The minimum Gasteiger partial charge on any atom is -0.594 e. The van der Waals surface area contributed by atoms with Gasteiger partial charge >= 0.3 is 5.65 Å². The van der Waals surface area contributed by atoms with E-state index < -0.39 is 0 Å². The molecule has 0 spiro atoms. The number of nitrogens with zero attached hydrogens (tertiary/aromatic N) is 4. The van der Waals surface area contributed by atoms with Gasteiger partial charge in [-0.3, -0.25) is 4.63 Å². The molecule has 1 aromatic carbocycles. The van der Waals surface area contributed by atoms with Crippen LogP contribution in [0, 0.1) is 10.4 Å². The zero-order valence-electron chi connectivity index (χ0n) is 7.32. The number of hydrogen-bond donors (Lipinski definition) is 0. The van der Waals surface area contributed by atoms with Gasteiger partial charge in [0, 0.05) is 6.07 Å². The number of hydrogen-bond acceptors (Lipinski definition) is 5. The van der Waals surface area contributed by atoms with Crippen LogP contribution in [-0.4, -0.2) is 10.3 Å². The van der Waals surface area contributed by atoms with Gasteiger partial charge in [0.2, 0.25) is 0 Å². The van der Waals surface area contributed by atoms with Crippen molar-refractivity contribution in [1.82, 2.24) is 10.3 Å². The van der Waals surface area contributed by atoms with Gasteiger partial charge in [0.1, 0.15) is 5.39 Å². The molecule has 3 aromatic rings. The van der Waals surface area contributed by atoms with Gasteiger partial charge in [0.25, 0.3) is 11.0 Å². The Bertz CT molecular complexity index is 663. The highest BCUT2D eigenvalue weighted by Crippen LogP contribution is 2.15. The Morgan fingerprint density at radius 2 is 2.00 bits per heavy atom. The molecule has 0 amide bonds. The summed E-state index contributed by atoms with van der Waals surface area (Å²) in [5.41, 5.74) is 0.467. The predicted molar refractivity (Wildman–Crippen MR) is 47.2 cm³/mol. The molecule has 74 valence electrons. The van der Waals surface area contributed by atoms with Crippen molar-refractivity contribution in [2.75, 3.05) is 0 Å². The molecule has 2 heterocycles. The van der Waals surface area contributed by atoms with E-state index in [-0.39, 0.29) is 16.1 Å². The van der Waals surface area contributed by atoms with Gasteiger partial charge in [-0.15, -0.1) is 0 Å². The number of fused-ring (bicyclic) bond motifs is 3. The molecule has 0 atom stereocenters. The van der Waals surface area contributed by atoms with Gasteiger partial charge in [0.05, 0.1) is 10.3 Å². The quantitative estimate of drug-likeness (QED) is 0.368. The summed E-state index contributed by atoms with van der Waals surface area (Å²) in [5.74, 6) is 0. The largest absolute Gasteiger partial charge is 0.594 e. The lowest BCUT2D eigenvalue weighted by atomic mass is 10.2. The molecule has 0 saturated heterocycles. The zero-order chi connectivity index (χ0) is 10.4. The van der Waals surface area contributed by atoms with Gasteiger partial charge in [-0.2, -0.15) is 0 Å². The standard InChI is InChI=1S/C8H4N4O3/c13-11-6-4-2-1-3-5(6)7-8(9-11)10-15-12(7)14/h1-4H. The lowest BCUT2D eigenvalue weighted by molar-refractivity contribution is -0.781. The summed E-state index contributed by atoms with van der Waals surface area (Å²) in [7, 11) is 0. The van der Waals surface area contributed by atoms with E-state index in [9.17, 15) is 10.4 Å². The van der Waals surface area contributed by atoms with Gasteiger partial charge in [-0.05, 0) is 15.8 Å². The van der Waals surface area contributed by atoms with Crippen LogP contribution in [0.3, 0.4) is 0 Å². The Morgan fingerprint density at radius 1 is 1.20 bits per heavy atom. The Balaban J connectivity index is 2.67. The third-order valence-electron chi connectivity index (χ3n) is 2.15. The van der Waals surface area contributed by atoms with Crippen LogP contribution < -0.4 is 9.75 Å². The summed E-state index contributed by atoms with van der Waals surface area (Å²) >= 11 is 0. The van der Waals surface area contributed by atoms with Crippen molar-refractivity contribution in [3.05, 3.63) is 34.7 Å². The molecule has 0 N–H and O–H groups in total. The Morgan fingerprint density at radius 3 is 2.87 bits per heavy atom. The fourth-order valence-electron chi connectivity index (χ4n) is 1.51. The first-order chi connectivity index (χ1) is 7.27. The van der Waals surface area contributed by atoms with Crippen molar-refractivity contribution in [1.29, 1.82) is 0 Å². The lowest BCUT2D eigenvalue weighted by Crippen LogP contribution is -2.33. The Kier molecular flexibility index (Phi) is 1.34. The van der Waals surface area contributed by atoms with Crippen molar-refractivity contribution >= 4 is 22.1 Å². The van der Waals surface area contributed by atoms with Crippen LogP contribution in [-0.2, 0) is 0 Å². The zero-order valence-corrected chi connectivity index (χ0v) is 7.32. The van der Waals surface area contributed by atoms with Crippen LogP contribution in [0.4, 0.5) is 0 Å². The lowest BCUT2D eigenvalue weighted by Gasteiger charge is -1.96. The first-order valence-corrected chi connectivity index (χ1v) is 4.15. The minimum atomic E-state index is -0.00120. The summed E-state index contributed by atoms with van der Waals surface area (Å²) in [6.45, 7) is 0. The third kappa shape index (κ3) is 0.938. The fraction of sp³-hybridized carbons (Fsp3) is 0. The molecule has 0 aliphatic rings. The predicted octanol–water partition coefficient (Wildman–Crippen LogP) is -0.357. The molecule has 0 fully saturated rings. The van der Waals surface area contributed by atoms with E-state index in [1.807, 2.05) is 0 Å². The summed E-state index contributed by atoms with van der Waals surface area (Å²) in [5, 5.41) is 30.1. The van der Waals surface area contributed by atoms with Gasteiger partial charge in [-0.25, -0.2) is 0 Å². The number of benzene rings is 1. The SMILES string of the molecule is [O-][n+]1nc2no[n+]([O-])c2c2ccccc21. The van der Waals surface area contributed by atoms with Crippen molar-refractivity contribution in [3.8, 4) is 0 Å². The maximum Gasteiger partial charge on any atom is 0.403 e. The van der Waals surface area contributed by atoms with Crippen LogP contribution in [0.1, 0.15) is 0 Å². The molecule has 0 unspecified atom stereocenters. The smallest absolute Gasteiger partial charge is 0.403 e. The molecular formula is C8H4N4O3. The first kappa shape index (κ1) is 7.92. The summed E-state index contributed by atoms with van der Waals surface area (Å²) in [4.78, 5) is 0.658. The molecule has 0 saturated carbocycles. The second-order valence-corrected chi connectivity index (χ2v) is 2.99. The second kappa shape index (κ2) is 2.53. The van der Waals surface area contributed by atoms with E-state index in [0.717, 1.165) is 0 Å². The minimum absolute atomic E-state index is 0.00120. The van der Waals surface area contributed by atoms with Crippen molar-refractivity contribution in [2.45, 2.75) is 0 Å². The molecule has 0 aliphatic carbocycles. The van der Waals surface area contributed by atoms with Crippen LogP contribution in [0.5, 0.6) is 0 Å². The van der Waals surface area contributed by atoms with E-state index in [4.69, 9.17) is 0 Å². The molecular weight excluding hydrogens is 200 g/mol. The molecule has 0 bridgehead atoms. The highest BCUT2D eigenvalue weighted by atomic mass is 16.8. The average molecular weight is 204 g/mol. The Hall–Kier alpha value is -2.44. The highest BCUT2D eigenvalue weighted by molar-refractivity contribution is 5.95. The topological polar surface area (TPSA) is 92.8 Å². The van der Waals surface area contributed by atoms with E-state index in [2.05, 4.69) is 14.9 Å². The molecule has 2 aromatic heterocycles. The van der Waals surface area contributed by atoms with Crippen LogP contribution in [0.25, 0.3) is 22.1 Å². The van der Waals surface area contributed by atoms with Crippen LogP contribution in [0.15, 0.2) is 28.9 Å². The van der Waals surface area contributed by atoms with E-state index in [1.165, 1.54) is 0 Å². The molecule has 7 heteroatoms. The molecule has 15 heavy (non-hydrogen) atoms. The molecule has 7 nitrogen and oxygen atoms in total. The first-order valence-electron chi connectivity index (χ1n) is 4.15. The van der Waals surface area contributed by atoms with Gasteiger partial charge in [-0.1, -0.05) is 12.1 Å². The maximum atomic E-state index is 11.4. The van der Waals surface area contributed by atoms with Gasteiger partial charge in [0.15, 0.2) is 0 Å². The normalized spacial score (nSPS) is 11.2. The number of aromatic nitrogens is 4. The average Bonchev–Trinajstić information content (AvgIpc) is 2.61. The van der Waals surface area contributed by atoms with Crippen molar-refractivity contribution in [2.24, 2.45) is 0 Å². The molecule has 0 aliphatic heterocycles.